The van der Waals surface area contributed by atoms with Gasteiger partial charge in [0.25, 0.3) is 5.91 Å². The number of ether oxygens (including phenoxy) is 3. The fourth-order valence-electron chi connectivity index (χ4n) is 5.73. The summed E-state index contributed by atoms with van der Waals surface area (Å²) in [5, 5.41) is 1.81. The monoisotopic (exact) mass is 566 g/mol. The second-order valence-electron chi connectivity index (χ2n) is 10.1. The van der Waals surface area contributed by atoms with E-state index in [4.69, 9.17) is 14.2 Å². The standard InChI is InChI=1S/C30H34N2O7S/c1-37-17-5-14-32-25-10-8-21(23-6-4-7-24(29(23)25)30(32)34)18-26(33)20-12-15-31(16-13-20)40(35,36)22-9-11-27(38-2)28(19-22)39-3/h4,6-11,19-20H,5,12-18H2,1-3H3. The number of amides is 1. The summed E-state index contributed by atoms with van der Waals surface area (Å²) in [4.78, 5) is 28.4. The minimum absolute atomic E-state index is 0.0248. The molecule has 1 amide bonds. The molecule has 0 aliphatic carbocycles. The molecule has 3 aromatic carbocycles. The Kier molecular flexibility index (Phi) is 8.11. The number of hydrogen-bond donors (Lipinski definition) is 0. The van der Waals surface area contributed by atoms with Gasteiger partial charge in [-0.05, 0) is 54.5 Å². The molecular weight excluding hydrogens is 532 g/mol. The summed E-state index contributed by atoms with van der Waals surface area (Å²) in [7, 11) is 0.867. The zero-order chi connectivity index (χ0) is 28.4. The molecule has 1 saturated heterocycles. The molecule has 0 radical (unpaired) electrons. The van der Waals surface area contributed by atoms with Crippen LogP contribution in [0.2, 0.25) is 0 Å². The predicted octanol–water partition coefficient (Wildman–Crippen LogP) is 4.07. The normalized spacial score (nSPS) is 16.1. The number of carbonyl (C=O) groups is 2. The highest BCUT2D eigenvalue weighted by Crippen LogP contribution is 2.39. The van der Waals surface area contributed by atoms with E-state index in [1.54, 1.807) is 18.1 Å². The van der Waals surface area contributed by atoms with Crippen LogP contribution in [0.4, 0.5) is 5.69 Å². The lowest BCUT2D eigenvalue weighted by molar-refractivity contribution is -0.123. The summed E-state index contributed by atoms with van der Waals surface area (Å²) in [6.07, 6.45) is 1.89. The lowest BCUT2D eigenvalue weighted by Gasteiger charge is -2.30. The van der Waals surface area contributed by atoms with Crippen LogP contribution in [0.5, 0.6) is 11.5 Å². The lowest BCUT2D eigenvalue weighted by atomic mass is 9.88. The molecule has 0 spiro atoms. The van der Waals surface area contributed by atoms with Crippen LogP contribution in [0.15, 0.2) is 53.4 Å². The zero-order valence-corrected chi connectivity index (χ0v) is 23.8. The van der Waals surface area contributed by atoms with Gasteiger partial charge in [0.2, 0.25) is 10.0 Å². The molecule has 5 rings (SSSR count). The van der Waals surface area contributed by atoms with Gasteiger partial charge in [-0.2, -0.15) is 4.31 Å². The third-order valence-corrected chi connectivity index (χ3v) is 9.77. The lowest BCUT2D eigenvalue weighted by Crippen LogP contribution is -2.40. The first-order chi connectivity index (χ1) is 19.3. The van der Waals surface area contributed by atoms with E-state index < -0.39 is 10.0 Å². The quantitative estimate of drug-likeness (QED) is 0.323. The van der Waals surface area contributed by atoms with Crippen LogP contribution >= 0.6 is 0 Å². The number of nitrogens with zero attached hydrogens (tertiary/aromatic N) is 2. The second-order valence-corrected chi connectivity index (χ2v) is 12.1. The molecule has 0 N–H and O–H groups in total. The van der Waals surface area contributed by atoms with E-state index in [1.165, 1.54) is 30.7 Å². The zero-order valence-electron chi connectivity index (χ0n) is 23.0. The van der Waals surface area contributed by atoms with Crippen molar-refractivity contribution in [3.8, 4) is 11.5 Å². The Morgan fingerprint density at radius 1 is 0.975 bits per heavy atom. The first kappa shape index (κ1) is 28.1. The van der Waals surface area contributed by atoms with Crippen LogP contribution in [-0.2, 0) is 26.0 Å². The molecule has 2 heterocycles. The average Bonchev–Trinajstić information content (AvgIpc) is 3.25. The van der Waals surface area contributed by atoms with Crippen LogP contribution in [0.3, 0.4) is 0 Å². The van der Waals surface area contributed by atoms with Gasteiger partial charge in [0.1, 0.15) is 5.78 Å². The summed E-state index contributed by atoms with van der Waals surface area (Å²) in [5.74, 6) is 0.635. The minimum atomic E-state index is -3.74. The van der Waals surface area contributed by atoms with Gasteiger partial charge in [-0.3, -0.25) is 9.59 Å². The number of benzene rings is 3. The summed E-state index contributed by atoms with van der Waals surface area (Å²) >= 11 is 0. The van der Waals surface area contributed by atoms with Crippen LogP contribution in [0, 0.1) is 5.92 Å². The number of rotatable bonds is 11. The number of hydrogen-bond acceptors (Lipinski definition) is 7. The highest BCUT2D eigenvalue weighted by atomic mass is 32.2. The van der Waals surface area contributed by atoms with Gasteiger partial charge in [-0.15, -0.1) is 0 Å². The molecular formula is C30H34N2O7S. The molecule has 0 atom stereocenters. The summed E-state index contributed by atoms with van der Waals surface area (Å²) < 4.78 is 43.6. The number of sulfonamides is 1. The molecule has 0 unspecified atom stereocenters. The van der Waals surface area contributed by atoms with E-state index >= 15 is 0 Å². The van der Waals surface area contributed by atoms with E-state index in [1.807, 2.05) is 30.3 Å². The third-order valence-electron chi connectivity index (χ3n) is 7.87. The molecule has 0 bridgehead atoms. The van der Waals surface area contributed by atoms with Gasteiger partial charge in [0.15, 0.2) is 11.5 Å². The first-order valence-electron chi connectivity index (χ1n) is 13.4. The highest BCUT2D eigenvalue weighted by molar-refractivity contribution is 7.89. The van der Waals surface area contributed by atoms with Crippen molar-refractivity contribution in [1.29, 1.82) is 0 Å². The average molecular weight is 567 g/mol. The van der Waals surface area contributed by atoms with Crippen molar-refractivity contribution in [3.63, 3.8) is 0 Å². The molecule has 9 nitrogen and oxygen atoms in total. The van der Waals surface area contributed by atoms with E-state index in [0.29, 0.717) is 43.1 Å². The fourth-order valence-corrected chi connectivity index (χ4v) is 7.21. The Morgan fingerprint density at radius 2 is 1.73 bits per heavy atom. The van der Waals surface area contributed by atoms with E-state index in [9.17, 15) is 18.0 Å². The molecule has 2 aliphatic rings. The second kappa shape index (κ2) is 11.6. The van der Waals surface area contributed by atoms with Gasteiger partial charge >= 0.3 is 0 Å². The molecule has 3 aromatic rings. The number of Topliss-reactive ketones (excluding diaryl/α,β-unsaturated/α-hetero) is 1. The number of piperidine rings is 1. The van der Waals surface area contributed by atoms with Crippen molar-refractivity contribution in [2.75, 3.05) is 52.5 Å². The minimum Gasteiger partial charge on any atom is -0.493 e. The topological polar surface area (TPSA) is 102 Å². The van der Waals surface area contributed by atoms with Crippen molar-refractivity contribution in [2.24, 2.45) is 5.92 Å². The Balaban J connectivity index is 1.28. The molecule has 0 saturated carbocycles. The van der Waals surface area contributed by atoms with Crippen LogP contribution < -0.4 is 14.4 Å². The van der Waals surface area contributed by atoms with E-state index in [-0.39, 0.29) is 42.0 Å². The molecule has 1 fully saturated rings. The fraction of sp³-hybridized carbons (Fsp3) is 0.400. The molecule has 10 heteroatoms. The number of methoxy groups -OCH3 is 3. The van der Waals surface area contributed by atoms with Crippen molar-refractivity contribution in [2.45, 2.75) is 30.6 Å². The Bertz CT molecular complexity index is 1550. The van der Waals surface area contributed by atoms with Crippen LogP contribution in [0.25, 0.3) is 10.8 Å². The van der Waals surface area contributed by atoms with Crippen molar-refractivity contribution >= 4 is 38.2 Å². The molecule has 0 aromatic heterocycles. The van der Waals surface area contributed by atoms with Crippen molar-refractivity contribution < 1.29 is 32.2 Å². The van der Waals surface area contributed by atoms with E-state index in [0.717, 1.165) is 28.4 Å². The molecule has 40 heavy (non-hydrogen) atoms. The number of anilines is 1. The maximum Gasteiger partial charge on any atom is 0.258 e. The Hall–Kier alpha value is -3.47. The Labute approximate surface area is 234 Å². The maximum absolute atomic E-state index is 13.4. The smallest absolute Gasteiger partial charge is 0.258 e. The van der Waals surface area contributed by atoms with Gasteiger partial charge in [0.05, 0.1) is 24.8 Å². The predicted molar refractivity (Wildman–Crippen MR) is 152 cm³/mol. The highest BCUT2D eigenvalue weighted by Gasteiger charge is 2.34. The van der Waals surface area contributed by atoms with Gasteiger partial charge in [0, 0.05) is 62.7 Å². The number of carbonyl (C=O) groups excluding carboxylic acids is 2. The summed E-state index contributed by atoms with van der Waals surface area (Å²) in [5.41, 5.74) is 2.42. The van der Waals surface area contributed by atoms with E-state index in [2.05, 4.69) is 0 Å². The van der Waals surface area contributed by atoms with Gasteiger partial charge in [-0.1, -0.05) is 18.2 Å². The molecule has 2 aliphatic heterocycles. The number of ketones is 1. The largest absolute Gasteiger partial charge is 0.493 e. The van der Waals surface area contributed by atoms with Crippen molar-refractivity contribution in [1.82, 2.24) is 4.31 Å². The SMILES string of the molecule is COCCCN1C(=O)c2cccc3c(CC(=O)C4CCN(S(=O)(=O)c5ccc(OC)c(OC)c5)CC4)ccc1c23. The third kappa shape index (κ3) is 5.07. The van der Waals surface area contributed by atoms with Gasteiger partial charge < -0.3 is 19.1 Å². The van der Waals surface area contributed by atoms with Crippen molar-refractivity contribution in [3.05, 3.63) is 59.7 Å². The first-order valence-corrected chi connectivity index (χ1v) is 14.8. The van der Waals surface area contributed by atoms with Crippen LogP contribution in [0.1, 0.15) is 35.2 Å². The van der Waals surface area contributed by atoms with Gasteiger partial charge in [-0.25, -0.2) is 8.42 Å². The maximum atomic E-state index is 13.4. The Morgan fingerprint density at radius 3 is 2.42 bits per heavy atom. The van der Waals surface area contributed by atoms with Crippen LogP contribution in [-0.4, -0.2) is 72.0 Å². The molecule has 212 valence electrons. The summed E-state index contributed by atoms with van der Waals surface area (Å²) in [6, 6.07) is 14.1. The summed E-state index contributed by atoms with van der Waals surface area (Å²) in [6.45, 7) is 1.67.